The van der Waals surface area contributed by atoms with Gasteiger partial charge in [-0.05, 0) is 5.56 Å². The molecule has 0 heterocycles. The molecule has 0 N–H and O–H groups in total. The molecule has 0 spiro atoms. The summed E-state index contributed by atoms with van der Waals surface area (Å²) in [6.45, 7) is 9.00. The molecule has 2 aromatic rings. The van der Waals surface area contributed by atoms with E-state index in [9.17, 15) is 0 Å². The van der Waals surface area contributed by atoms with Crippen molar-refractivity contribution in [3.63, 3.8) is 0 Å². The number of hydrogen-bond donors (Lipinski definition) is 0. The molecule has 0 radical (unpaired) electrons. The first-order chi connectivity index (χ1) is 12.7. The molecule has 0 aromatic heterocycles. The van der Waals surface area contributed by atoms with Crippen LogP contribution in [-0.2, 0) is 32.8 Å². The summed E-state index contributed by atoms with van der Waals surface area (Å²) in [4.78, 5) is 0. The molecule has 0 aliphatic heterocycles. The van der Waals surface area contributed by atoms with E-state index in [-0.39, 0.29) is 29.1 Å². The Hall–Kier alpha value is -3.51. The van der Waals surface area contributed by atoms with Crippen molar-refractivity contribution in [2.24, 2.45) is 5.41 Å². The second-order valence-electron chi connectivity index (χ2n) is 4.35. The van der Waals surface area contributed by atoms with Crippen LogP contribution in [0.4, 0.5) is 0 Å². The Morgan fingerprint density at radius 3 is 1.74 bits per heavy atom. The maximum atomic E-state index is 9.07. The zero-order valence-electron chi connectivity index (χ0n) is 13.9. The smallest absolute Gasteiger partial charge is 0 e. The minimum atomic E-state index is -1.69. The zero-order valence-corrected chi connectivity index (χ0v) is 15.0. The van der Waals surface area contributed by atoms with E-state index in [4.69, 9.17) is 30.5 Å². The van der Waals surface area contributed by atoms with Crippen molar-refractivity contribution in [1.82, 2.24) is 0 Å². The van der Waals surface area contributed by atoms with Gasteiger partial charge in [-0.15, -0.1) is 0 Å². The van der Waals surface area contributed by atoms with Gasteiger partial charge in [-0.25, -0.2) is 12.1 Å². The molecule has 0 atom stereocenters. The van der Waals surface area contributed by atoms with Gasteiger partial charge in [0.15, 0.2) is 5.41 Å². The van der Waals surface area contributed by atoms with Gasteiger partial charge in [-0.2, -0.15) is 34.0 Å². The number of nitriles is 3. The number of rotatable bonds is 3. The van der Waals surface area contributed by atoms with E-state index in [0.29, 0.717) is 0 Å². The molecule has 0 fully saturated rings. The molecule has 0 saturated heterocycles. The number of allylic oxidation sites excluding steroid dienone is 1. The molecule has 0 saturated carbocycles. The van der Waals surface area contributed by atoms with Gasteiger partial charge in [0.05, 0.1) is 17.7 Å². The Morgan fingerprint density at radius 2 is 1.44 bits per heavy atom. The average Bonchev–Trinajstić information content (AvgIpc) is 3.32. The van der Waals surface area contributed by atoms with Gasteiger partial charge in [0.1, 0.15) is 6.07 Å². The SMILES string of the molecule is N#CC(=C=[N-])C(C#N)(C#N)Cc1ccccc1.[C-]#[O+].[C-]#[O+].[Fe].c1cc[cH-]c1. The average molecular weight is 396 g/mol. The summed E-state index contributed by atoms with van der Waals surface area (Å²) in [7, 11) is 0. The van der Waals surface area contributed by atoms with Crippen LogP contribution in [0.15, 0.2) is 66.2 Å². The first kappa shape index (κ1) is 28.3. The van der Waals surface area contributed by atoms with Gasteiger partial charge >= 0.3 is 22.6 Å². The molecule has 7 heteroatoms. The summed E-state index contributed by atoms with van der Waals surface area (Å²) in [6, 6.07) is 24.0. The molecule has 0 aliphatic carbocycles. The van der Waals surface area contributed by atoms with Crippen LogP contribution >= 0.6 is 0 Å². The Kier molecular flexibility index (Phi) is 19.7. The van der Waals surface area contributed by atoms with Crippen molar-refractivity contribution in [1.29, 1.82) is 15.8 Å². The van der Waals surface area contributed by atoms with Crippen LogP contribution in [0.5, 0.6) is 0 Å². The van der Waals surface area contributed by atoms with E-state index in [0.717, 1.165) is 5.56 Å². The third-order valence-corrected chi connectivity index (χ3v) is 2.90. The maximum absolute atomic E-state index is 9.07. The van der Waals surface area contributed by atoms with Gasteiger partial charge in [0, 0.05) is 23.5 Å². The minimum absolute atomic E-state index is 0. The van der Waals surface area contributed by atoms with E-state index in [2.05, 4.69) is 13.3 Å². The van der Waals surface area contributed by atoms with Crippen LogP contribution in [0, 0.1) is 52.7 Å². The predicted octanol–water partition coefficient (Wildman–Crippen LogP) is 3.28. The molecule has 6 nitrogen and oxygen atoms in total. The topological polar surface area (TPSA) is 133 Å². The predicted molar refractivity (Wildman–Crippen MR) is 91.2 cm³/mol. The molecule has 2 aromatic carbocycles. The monoisotopic (exact) mass is 396 g/mol. The van der Waals surface area contributed by atoms with Crippen LogP contribution < -0.4 is 0 Å². The summed E-state index contributed by atoms with van der Waals surface area (Å²) in [6.07, 6.45) is 0.0390. The molecular formula is C20H12FeN4O2-2. The van der Waals surface area contributed by atoms with Crippen molar-refractivity contribution in [3.8, 4) is 18.2 Å². The van der Waals surface area contributed by atoms with E-state index in [1.165, 1.54) is 0 Å². The van der Waals surface area contributed by atoms with Gasteiger partial charge in [-0.3, -0.25) is 5.87 Å². The quantitative estimate of drug-likeness (QED) is 0.259. The third-order valence-electron chi connectivity index (χ3n) is 2.90. The van der Waals surface area contributed by atoms with Crippen LogP contribution in [0.3, 0.4) is 0 Å². The number of hydrogen-bond acceptors (Lipinski definition) is 3. The van der Waals surface area contributed by atoms with E-state index in [1.54, 1.807) is 48.3 Å². The molecule has 0 unspecified atom stereocenters. The largest absolute Gasteiger partial charge is 0.214 e. The number of nitrogens with zero attached hydrogens (tertiary/aromatic N) is 4. The van der Waals surface area contributed by atoms with Crippen molar-refractivity contribution in [2.45, 2.75) is 6.42 Å². The van der Waals surface area contributed by atoms with Crippen LogP contribution in [0.1, 0.15) is 5.56 Å². The molecule has 0 aliphatic rings. The summed E-state index contributed by atoms with van der Waals surface area (Å²) >= 11 is 0. The summed E-state index contributed by atoms with van der Waals surface area (Å²) in [5.41, 5.74) is -1.32. The van der Waals surface area contributed by atoms with E-state index < -0.39 is 5.41 Å². The fourth-order valence-electron chi connectivity index (χ4n) is 1.74. The van der Waals surface area contributed by atoms with Crippen LogP contribution in [-0.4, -0.2) is 5.87 Å². The molecular weight excluding hydrogens is 384 g/mol. The second kappa shape index (κ2) is 18.8. The van der Waals surface area contributed by atoms with Gasteiger partial charge in [0.2, 0.25) is 0 Å². The molecule has 27 heavy (non-hydrogen) atoms. The zero-order chi connectivity index (χ0) is 20.3. The van der Waals surface area contributed by atoms with Crippen molar-refractivity contribution in [3.05, 3.63) is 90.5 Å². The first-order valence-electron chi connectivity index (χ1n) is 6.84. The Bertz CT molecular complexity index is 807. The first-order valence-corrected chi connectivity index (χ1v) is 6.84. The summed E-state index contributed by atoms with van der Waals surface area (Å²) in [5, 5.41) is 35.7. The molecule has 0 amide bonds. The standard InChI is InChI=1S/C13H7N4.C5H5.2CO.Fe/c14-7-12(8-15)13(9-16,10-17)6-11-4-2-1-3-5-11;1-2-4-5-3-1;2*1-2;/h1-5H,6H2;1-5H;;;/q2*-1;;;. The van der Waals surface area contributed by atoms with Crippen molar-refractivity contribution >= 4 is 5.87 Å². The Balaban J connectivity index is -0.000000482. The van der Waals surface area contributed by atoms with Crippen LogP contribution in [0.2, 0.25) is 0 Å². The van der Waals surface area contributed by atoms with Gasteiger partial charge in [-0.1, -0.05) is 30.3 Å². The Labute approximate surface area is 168 Å². The van der Waals surface area contributed by atoms with Crippen molar-refractivity contribution < 1.29 is 26.4 Å². The van der Waals surface area contributed by atoms with E-state index >= 15 is 0 Å². The molecule has 2 rings (SSSR count). The van der Waals surface area contributed by atoms with Crippen molar-refractivity contribution in [2.75, 3.05) is 0 Å². The van der Waals surface area contributed by atoms with E-state index in [1.807, 2.05) is 36.4 Å². The second-order valence-corrected chi connectivity index (χ2v) is 4.35. The summed E-state index contributed by atoms with van der Waals surface area (Å²) in [5.74, 6) is 1.63. The molecule has 0 bridgehead atoms. The molecule has 134 valence electrons. The minimum Gasteiger partial charge on any atom is -0.214 e. The normalized spacial score (nSPS) is 7.44. The maximum Gasteiger partial charge on any atom is 0 e. The fourth-order valence-corrected chi connectivity index (χ4v) is 1.74. The third kappa shape index (κ3) is 10.2. The number of benzene rings is 1. The van der Waals surface area contributed by atoms with Gasteiger partial charge < -0.3 is 5.41 Å². The van der Waals surface area contributed by atoms with Gasteiger partial charge in [0.25, 0.3) is 0 Å². The Morgan fingerprint density at radius 1 is 0.963 bits per heavy atom. The summed E-state index contributed by atoms with van der Waals surface area (Å²) < 4.78 is 15.0. The van der Waals surface area contributed by atoms with Crippen LogP contribution in [0.25, 0.3) is 5.41 Å². The fraction of sp³-hybridized carbons (Fsp3) is 0.100.